The van der Waals surface area contributed by atoms with Gasteiger partial charge < -0.3 is 19.0 Å². The third-order valence-corrected chi connectivity index (χ3v) is 4.82. The highest BCUT2D eigenvalue weighted by atomic mass is 16.7. The highest BCUT2D eigenvalue weighted by Gasteiger charge is 2.54. The van der Waals surface area contributed by atoms with E-state index in [9.17, 15) is 9.90 Å². The molecule has 1 saturated heterocycles. The van der Waals surface area contributed by atoms with Crippen LogP contribution in [0.4, 0.5) is 0 Å². The Morgan fingerprint density at radius 2 is 1.35 bits per heavy atom. The average molecular weight is 350 g/mol. The lowest BCUT2D eigenvalue weighted by Gasteiger charge is -2.44. The normalized spacial score (nSPS) is 18.3. The van der Waals surface area contributed by atoms with E-state index in [1.54, 1.807) is 12.1 Å². The van der Waals surface area contributed by atoms with Gasteiger partial charge in [-0.05, 0) is 23.3 Å². The van der Waals surface area contributed by atoms with Gasteiger partial charge in [-0.3, -0.25) is 0 Å². The predicted octanol–water partition coefficient (Wildman–Crippen LogP) is 3.55. The molecule has 2 heterocycles. The van der Waals surface area contributed by atoms with E-state index < -0.39 is 17.2 Å². The number of carbonyl (C=O) groups is 1. The fourth-order valence-corrected chi connectivity index (χ4v) is 3.38. The number of carboxylic acids is 1. The quantitative estimate of drug-likeness (QED) is 0.779. The molecule has 26 heavy (non-hydrogen) atoms. The molecule has 0 bridgehead atoms. The molecule has 2 aromatic carbocycles. The van der Waals surface area contributed by atoms with Gasteiger partial charge in [0.25, 0.3) is 0 Å². The van der Waals surface area contributed by atoms with Gasteiger partial charge in [0, 0.05) is 0 Å². The summed E-state index contributed by atoms with van der Waals surface area (Å²) in [6.45, 7) is 0.294. The number of hydrogen-bond donors (Lipinski definition) is 1. The zero-order valence-electron chi connectivity index (χ0n) is 14.0. The maximum Gasteiger partial charge on any atom is 0.373 e. The second kappa shape index (κ2) is 6.44. The van der Waals surface area contributed by atoms with Crippen LogP contribution in [0.5, 0.6) is 0 Å². The molecule has 0 unspecified atom stereocenters. The summed E-state index contributed by atoms with van der Waals surface area (Å²) in [5.74, 6) is -3.04. The number of rotatable bonds is 4. The number of carboxylic acid groups (broad SMARTS) is 1. The van der Waals surface area contributed by atoms with Crippen LogP contribution in [0.1, 0.15) is 16.9 Å². The molecule has 1 aromatic heterocycles. The van der Waals surface area contributed by atoms with E-state index in [1.165, 1.54) is 6.26 Å². The summed E-state index contributed by atoms with van der Waals surface area (Å²) in [5, 5.41) is 9.76. The van der Waals surface area contributed by atoms with Gasteiger partial charge in [0.05, 0.1) is 24.9 Å². The van der Waals surface area contributed by atoms with Crippen LogP contribution in [-0.4, -0.2) is 24.3 Å². The van der Waals surface area contributed by atoms with Crippen molar-refractivity contribution in [1.29, 1.82) is 0 Å². The first-order chi connectivity index (χ1) is 12.7. The topological polar surface area (TPSA) is 68.9 Å². The van der Waals surface area contributed by atoms with Crippen LogP contribution in [0.15, 0.2) is 83.5 Å². The molecule has 0 amide bonds. The standard InChI is InChI=1S/C21H18O5/c22-19(23)21(18-12-7-13-24-18)25-14-20(15-26-21,16-8-3-1-4-9-16)17-10-5-2-6-11-17/h1-13H,14-15H2,(H,22,23). The molecule has 1 aliphatic rings. The zero-order valence-corrected chi connectivity index (χ0v) is 14.0. The second-order valence-electron chi connectivity index (χ2n) is 6.29. The van der Waals surface area contributed by atoms with E-state index in [0.717, 1.165) is 11.1 Å². The summed E-state index contributed by atoms with van der Waals surface area (Å²) in [7, 11) is 0. The number of aliphatic carboxylic acids is 1. The van der Waals surface area contributed by atoms with E-state index in [4.69, 9.17) is 13.9 Å². The molecule has 3 aromatic rings. The Balaban J connectivity index is 1.77. The van der Waals surface area contributed by atoms with Gasteiger partial charge in [-0.15, -0.1) is 0 Å². The van der Waals surface area contributed by atoms with Crippen LogP contribution in [0.25, 0.3) is 0 Å². The van der Waals surface area contributed by atoms with E-state index in [0.29, 0.717) is 0 Å². The van der Waals surface area contributed by atoms with Crippen LogP contribution >= 0.6 is 0 Å². The van der Waals surface area contributed by atoms with Crippen molar-refractivity contribution in [1.82, 2.24) is 0 Å². The van der Waals surface area contributed by atoms with E-state index in [-0.39, 0.29) is 19.0 Å². The third-order valence-electron chi connectivity index (χ3n) is 4.82. The van der Waals surface area contributed by atoms with Crippen LogP contribution in [0, 0.1) is 0 Å². The maximum absolute atomic E-state index is 11.9. The van der Waals surface area contributed by atoms with E-state index in [1.807, 2.05) is 60.7 Å². The molecule has 132 valence electrons. The summed E-state index contributed by atoms with van der Waals surface area (Å²) in [6, 6.07) is 22.8. The lowest BCUT2D eigenvalue weighted by molar-refractivity contribution is -0.294. The smallest absolute Gasteiger partial charge is 0.373 e. The first kappa shape index (κ1) is 16.6. The summed E-state index contributed by atoms with van der Waals surface area (Å²) >= 11 is 0. The van der Waals surface area contributed by atoms with Gasteiger partial charge in [-0.25, -0.2) is 4.79 Å². The monoisotopic (exact) mass is 350 g/mol. The minimum atomic E-state index is -1.93. The van der Waals surface area contributed by atoms with Crippen molar-refractivity contribution in [3.8, 4) is 0 Å². The van der Waals surface area contributed by atoms with Crippen molar-refractivity contribution in [2.75, 3.05) is 13.2 Å². The SMILES string of the molecule is O=C(O)C1(c2ccco2)OCC(c2ccccc2)(c2ccccc2)CO1. The van der Waals surface area contributed by atoms with Gasteiger partial charge in [-0.1, -0.05) is 60.7 Å². The molecular formula is C21H18O5. The van der Waals surface area contributed by atoms with E-state index >= 15 is 0 Å². The van der Waals surface area contributed by atoms with Crippen LogP contribution < -0.4 is 0 Å². The van der Waals surface area contributed by atoms with Gasteiger partial charge in [0.2, 0.25) is 0 Å². The first-order valence-corrected chi connectivity index (χ1v) is 8.34. The van der Waals surface area contributed by atoms with Crippen molar-refractivity contribution in [3.05, 3.63) is 95.9 Å². The first-order valence-electron chi connectivity index (χ1n) is 8.34. The van der Waals surface area contributed by atoms with Gasteiger partial charge in [-0.2, -0.15) is 0 Å². The molecule has 0 radical (unpaired) electrons. The summed E-state index contributed by atoms with van der Waals surface area (Å²) in [4.78, 5) is 11.9. The largest absolute Gasteiger partial charge is 0.477 e. The fourth-order valence-electron chi connectivity index (χ4n) is 3.38. The third kappa shape index (κ3) is 2.53. The summed E-state index contributed by atoms with van der Waals surface area (Å²) < 4.78 is 17.0. The molecule has 5 nitrogen and oxygen atoms in total. The Morgan fingerprint density at radius 3 is 1.77 bits per heavy atom. The molecule has 0 atom stereocenters. The number of ether oxygens (including phenoxy) is 2. The molecule has 1 aliphatic heterocycles. The van der Waals surface area contributed by atoms with Crippen molar-refractivity contribution in [2.24, 2.45) is 0 Å². The van der Waals surface area contributed by atoms with Crippen LogP contribution in [-0.2, 0) is 25.5 Å². The molecule has 0 spiro atoms. The molecule has 0 saturated carbocycles. The average Bonchev–Trinajstić information content (AvgIpc) is 3.24. The highest BCUT2D eigenvalue weighted by molar-refractivity contribution is 5.77. The Labute approximate surface area is 150 Å². The van der Waals surface area contributed by atoms with Crippen LogP contribution in [0.3, 0.4) is 0 Å². The predicted molar refractivity (Wildman–Crippen MR) is 93.6 cm³/mol. The van der Waals surface area contributed by atoms with E-state index in [2.05, 4.69) is 0 Å². The van der Waals surface area contributed by atoms with Crippen molar-refractivity contribution < 1.29 is 23.8 Å². The lowest BCUT2D eigenvalue weighted by atomic mass is 9.75. The molecule has 0 aliphatic carbocycles. The fraction of sp³-hybridized carbons (Fsp3) is 0.190. The molecule has 4 rings (SSSR count). The minimum absolute atomic E-state index is 0.125. The Morgan fingerprint density at radius 1 is 0.808 bits per heavy atom. The molecular weight excluding hydrogens is 332 g/mol. The number of furan rings is 1. The number of hydrogen-bond acceptors (Lipinski definition) is 4. The van der Waals surface area contributed by atoms with Crippen LogP contribution in [0.2, 0.25) is 0 Å². The van der Waals surface area contributed by atoms with Gasteiger partial charge in [0.1, 0.15) is 0 Å². The zero-order chi connectivity index (χ0) is 18.0. The Kier molecular flexibility index (Phi) is 4.11. The Hall–Kier alpha value is -2.89. The van der Waals surface area contributed by atoms with Crippen molar-refractivity contribution in [2.45, 2.75) is 11.2 Å². The van der Waals surface area contributed by atoms with Gasteiger partial charge >= 0.3 is 11.8 Å². The molecule has 1 N–H and O–H groups in total. The second-order valence-corrected chi connectivity index (χ2v) is 6.29. The lowest BCUT2D eigenvalue weighted by Crippen LogP contribution is -2.54. The summed E-state index contributed by atoms with van der Waals surface area (Å²) in [6.07, 6.45) is 1.41. The maximum atomic E-state index is 11.9. The van der Waals surface area contributed by atoms with Crippen molar-refractivity contribution >= 4 is 5.97 Å². The van der Waals surface area contributed by atoms with Gasteiger partial charge in [0.15, 0.2) is 5.76 Å². The van der Waals surface area contributed by atoms with Crippen molar-refractivity contribution in [3.63, 3.8) is 0 Å². The minimum Gasteiger partial charge on any atom is -0.477 e. The highest BCUT2D eigenvalue weighted by Crippen LogP contribution is 2.42. The number of benzene rings is 2. The Bertz CT molecular complexity index is 822. The molecule has 1 fully saturated rings. The molecule has 5 heteroatoms. The summed E-state index contributed by atoms with van der Waals surface area (Å²) in [5.41, 5.74) is 1.41.